The third-order valence-corrected chi connectivity index (χ3v) is 4.91. The Kier molecular flexibility index (Phi) is 2.71. The molecule has 0 aliphatic carbocycles. The Bertz CT molecular complexity index is 1470. The van der Waals surface area contributed by atoms with Crippen molar-refractivity contribution in [2.24, 2.45) is 0 Å². The first kappa shape index (κ1) is 14.0. The third-order valence-electron chi connectivity index (χ3n) is 4.91. The average molecular weight is 329 g/mol. The number of H-pyrrole nitrogens is 2. The number of hydrogen-bond donors (Lipinski definition) is 2. The number of rotatable bonds is 1. The Morgan fingerprint density at radius 3 is 2.40 bits per heavy atom. The van der Waals surface area contributed by atoms with E-state index in [0.717, 1.165) is 32.7 Å². The number of benzene rings is 2. The van der Waals surface area contributed by atoms with Crippen LogP contribution in [0.4, 0.5) is 0 Å². The average Bonchev–Trinajstić information content (AvgIpc) is 3.09. The van der Waals surface area contributed by atoms with Gasteiger partial charge < -0.3 is 9.55 Å². The van der Waals surface area contributed by atoms with Crippen molar-refractivity contribution in [3.05, 3.63) is 79.8 Å². The normalized spacial score (nSPS) is 11.9. The van der Waals surface area contributed by atoms with E-state index in [1.165, 1.54) is 0 Å². The van der Waals surface area contributed by atoms with Gasteiger partial charge in [-0.1, -0.05) is 36.4 Å². The molecule has 122 valence electrons. The molecule has 0 unspecified atom stereocenters. The van der Waals surface area contributed by atoms with E-state index in [9.17, 15) is 9.59 Å². The maximum atomic E-state index is 12.7. The minimum atomic E-state index is -0.338. The molecule has 2 N–H and O–H groups in total. The highest BCUT2D eigenvalue weighted by Crippen LogP contribution is 2.30. The van der Waals surface area contributed by atoms with Gasteiger partial charge >= 0.3 is 0 Å². The van der Waals surface area contributed by atoms with Crippen LogP contribution < -0.4 is 11.1 Å². The monoisotopic (exact) mass is 329 g/mol. The highest BCUT2D eigenvalue weighted by Gasteiger charge is 2.16. The minimum absolute atomic E-state index is 0.336. The number of para-hydroxylation sites is 2. The number of aryl methyl sites for hydroxylation is 1. The molecule has 5 rings (SSSR count). The fourth-order valence-electron chi connectivity index (χ4n) is 3.91. The molecule has 0 radical (unpaired) electrons. The lowest BCUT2D eigenvalue weighted by molar-refractivity contribution is 0.762. The van der Waals surface area contributed by atoms with Crippen LogP contribution in [0.2, 0.25) is 0 Å². The number of aromatic amines is 2. The Morgan fingerprint density at radius 1 is 0.880 bits per heavy atom. The number of hydrogen-bond acceptors (Lipinski definition) is 2. The molecule has 2 aliphatic rings. The lowest BCUT2D eigenvalue weighted by Gasteiger charge is -2.04. The maximum Gasteiger partial charge on any atom is 0.275 e. The van der Waals surface area contributed by atoms with Gasteiger partial charge in [-0.25, -0.2) is 0 Å². The van der Waals surface area contributed by atoms with E-state index in [4.69, 9.17) is 0 Å². The summed E-state index contributed by atoms with van der Waals surface area (Å²) < 4.78 is 1.92. The van der Waals surface area contributed by atoms with Crippen molar-refractivity contribution in [2.75, 3.05) is 0 Å². The highest BCUT2D eigenvalue weighted by molar-refractivity contribution is 6.15. The first-order chi connectivity index (χ1) is 12.2. The molecule has 3 aromatic rings. The van der Waals surface area contributed by atoms with E-state index >= 15 is 0 Å². The SMILES string of the molecule is CCn1c2c(=O)[nH]c(=O)c=2c2c3ccccc3[nH]c2c2ccccc21. The second-order valence-corrected chi connectivity index (χ2v) is 6.19. The molecule has 2 aromatic carbocycles. The molecule has 5 heteroatoms. The van der Waals surface area contributed by atoms with Crippen molar-refractivity contribution in [1.82, 2.24) is 14.5 Å². The zero-order chi connectivity index (χ0) is 17.1. The number of nitrogens with one attached hydrogen (secondary N) is 2. The van der Waals surface area contributed by atoms with E-state index in [1.807, 2.05) is 60.0 Å². The van der Waals surface area contributed by atoms with E-state index in [-0.39, 0.29) is 11.1 Å². The zero-order valence-corrected chi connectivity index (χ0v) is 13.6. The van der Waals surface area contributed by atoms with Gasteiger partial charge in [-0.05, 0) is 19.1 Å². The van der Waals surface area contributed by atoms with Gasteiger partial charge in [0.2, 0.25) is 0 Å². The largest absolute Gasteiger partial charge is 0.354 e. The van der Waals surface area contributed by atoms with Crippen molar-refractivity contribution in [3.8, 4) is 0 Å². The van der Waals surface area contributed by atoms with E-state index in [2.05, 4.69) is 9.97 Å². The molecule has 3 heterocycles. The predicted molar refractivity (Wildman–Crippen MR) is 99.2 cm³/mol. The summed E-state index contributed by atoms with van der Waals surface area (Å²) in [6.45, 7) is 2.58. The molecular weight excluding hydrogens is 314 g/mol. The summed E-state index contributed by atoms with van der Waals surface area (Å²) in [4.78, 5) is 31.2. The number of aromatic nitrogens is 3. The Labute approximate surface area is 141 Å². The van der Waals surface area contributed by atoms with Crippen LogP contribution in [0.1, 0.15) is 6.92 Å². The Morgan fingerprint density at radius 2 is 1.60 bits per heavy atom. The van der Waals surface area contributed by atoms with Gasteiger partial charge in [-0.2, -0.15) is 0 Å². The van der Waals surface area contributed by atoms with Gasteiger partial charge in [0.1, 0.15) is 5.35 Å². The lowest BCUT2D eigenvalue weighted by atomic mass is 10.1. The lowest BCUT2D eigenvalue weighted by Crippen LogP contribution is -2.11. The van der Waals surface area contributed by atoms with Gasteiger partial charge in [0.05, 0.1) is 16.3 Å². The Hall–Kier alpha value is -3.34. The van der Waals surface area contributed by atoms with Crippen LogP contribution in [0.15, 0.2) is 58.1 Å². The van der Waals surface area contributed by atoms with Crippen LogP contribution in [0.5, 0.6) is 0 Å². The molecule has 0 saturated carbocycles. The number of nitrogens with zero attached hydrogens (tertiary/aromatic N) is 1. The first-order valence-electron chi connectivity index (χ1n) is 8.28. The maximum absolute atomic E-state index is 12.7. The molecule has 0 fully saturated rings. The van der Waals surface area contributed by atoms with Crippen molar-refractivity contribution >= 4 is 32.7 Å². The van der Waals surface area contributed by atoms with Crippen molar-refractivity contribution in [1.29, 1.82) is 0 Å². The van der Waals surface area contributed by atoms with E-state index < -0.39 is 0 Å². The smallest absolute Gasteiger partial charge is 0.275 e. The van der Waals surface area contributed by atoms with Crippen LogP contribution >= 0.6 is 0 Å². The summed E-state index contributed by atoms with van der Waals surface area (Å²) in [5, 5.41) is 3.63. The fraction of sp³-hybridized carbons (Fsp3) is 0.100. The summed E-state index contributed by atoms with van der Waals surface area (Å²) in [6, 6.07) is 15.8. The van der Waals surface area contributed by atoms with E-state index in [0.29, 0.717) is 17.1 Å². The third kappa shape index (κ3) is 1.72. The number of fused-ring (bicyclic) bond motifs is 6. The van der Waals surface area contributed by atoms with Gasteiger partial charge in [0.15, 0.2) is 0 Å². The molecule has 0 amide bonds. The molecule has 0 atom stereocenters. The van der Waals surface area contributed by atoms with Crippen molar-refractivity contribution < 1.29 is 0 Å². The van der Waals surface area contributed by atoms with Gasteiger partial charge in [-0.3, -0.25) is 14.6 Å². The molecule has 0 bridgehead atoms. The second kappa shape index (κ2) is 4.83. The van der Waals surface area contributed by atoms with Crippen LogP contribution in [-0.4, -0.2) is 14.5 Å². The summed E-state index contributed by atoms with van der Waals surface area (Å²) in [7, 11) is 0. The van der Waals surface area contributed by atoms with Crippen LogP contribution in [0.25, 0.3) is 32.7 Å². The molecule has 0 saturated heterocycles. The van der Waals surface area contributed by atoms with Crippen LogP contribution in [0.3, 0.4) is 0 Å². The van der Waals surface area contributed by atoms with Gasteiger partial charge in [0.25, 0.3) is 11.1 Å². The Balaban J connectivity index is 2.38. The van der Waals surface area contributed by atoms with Gasteiger partial charge in [0, 0.05) is 28.2 Å². The topological polar surface area (TPSA) is 70.7 Å². The summed E-state index contributed by atoms with van der Waals surface area (Å²) in [6.07, 6.45) is 0. The van der Waals surface area contributed by atoms with Crippen molar-refractivity contribution in [3.63, 3.8) is 0 Å². The summed E-state index contributed by atoms with van der Waals surface area (Å²) in [5.74, 6) is 0. The first-order valence-corrected chi connectivity index (χ1v) is 8.28. The van der Waals surface area contributed by atoms with Crippen molar-refractivity contribution in [2.45, 2.75) is 13.5 Å². The molecular formula is C20H15N3O2. The molecule has 25 heavy (non-hydrogen) atoms. The second-order valence-electron chi connectivity index (χ2n) is 6.19. The quantitative estimate of drug-likeness (QED) is 0.496. The molecule has 2 aliphatic heterocycles. The van der Waals surface area contributed by atoms with Crippen LogP contribution in [0, 0.1) is 10.6 Å². The van der Waals surface area contributed by atoms with Crippen LogP contribution in [-0.2, 0) is 6.54 Å². The van der Waals surface area contributed by atoms with E-state index in [1.54, 1.807) is 0 Å². The fourth-order valence-corrected chi connectivity index (χ4v) is 3.91. The minimum Gasteiger partial charge on any atom is -0.354 e. The predicted octanol–water partition coefficient (Wildman–Crippen LogP) is 3.07. The summed E-state index contributed by atoms with van der Waals surface area (Å²) >= 11 is 0. The summed E-state index contributed by atoms with van der Waals surface area (Å²) in [5.41, 5.74) is 2.08. The highest BCUT2D eigenvalue weighted by atomic mass is 16.2. The molecule has 5 nitrogen and oxygen atoms in total. The molecule has 0 spiro atoms. The molecule has 1 aromatic heterocycles. The standard InChI is InChI=1S/C20H15N3O2/c1-2-23-14-10-6-4-8-12(14)17-15(11-7-3-5-9-13(11)21-17)16-18(23)20(25)22-19(16)24/h3-10,21H,2H2,1H3,(H,22,24,25). The zero-order valence-electron chi connectivity index (χ0n) is 13.6. The van der Waals surface area contributed by atoms with Gasteiger partial charge in [-0.15, -0.1) is 0 Å².